The fraction of sp³-hybridized carbons (Fsp3) is 0.800. The van der Waals surface area contributed by atoms with Crippen molar-refractivity contribution in [2.75, 3.05) is 6.61 Å². The predicted octanol–water partition coefficient (Wildman–Crippen LogP) is 3.92. The van der Waals surface area contributed by atoms with Gasteiger partial charge in [-0.1, -0.05) is 33.1 Å². The van der Waals surface area contributed by atoms with Gasteiger partial charge in [-0.2, -0.15) is 0 Å². The Bertz CT molecular complexity index is 403. The monoisotopic (exact) mass is 282 g/mol. The molecule has 1 aliphatic rings. The van der Waals surface area contributed by atoms with Crippen molar-refractivity contribution in [3.63, 3.8) is 0 Å². The van der Waals surface area contributed by atoms with Gasteiger partial charge in [-0.15, -0.1) is 11.3 Å². The third-order valence-electron chi connectivity index (χ3n) is 3.93. The van der Waals surface area contributed by atoms with Crippen molar-refractivity contribution < 1.29 is 4.74 Å². The van der Waals surface area contributed by atoms with Crippen LogP contribution in [0.5, 0.6) is 0 Å². The Kier molecular flexibility index (Phi) is 4.98. The van der Waals surface area contributed by atoms with Crippen molar-refractivity contribution in [2.24, 2.45) is 5.73 Å². The molecule has 108 valence electrons. The molecule has 1 aliphatic carbocycles. The van der Waals surface area contributed by atoms with Crippen LogP contribution in [0.15, 0.2) is 0 Å². The lowest BCUT2D eigenvalue weighted by Gasteiger charge is -2.35. The molecular formula is C15H26N2OS. The first-order chi connectivity index (χ1) is 9.13. The molecule has 0 aliphatic heterocycles. The summed E-state index contributed by atoms with van der Waals surface area (Å²) in [6, 6.07) is 0. The summed E-state index contributed by atoms with van der Waals surface area (Å²) in [5.74, 6) is 0.436. The average Bonchev–Trinajstić information content (AvgIpc) is 2.85. The molecule has 0 bridgehead atoms. The van der Waals surface area contributed by atoms with Gasteiger partial charge in [-0.3, -0.25) is 0 Å². The molecule has 2 rings (SSSR count). The third kappa shape index (κ3) is 3.01. The Morgan fingerprint density at radius 2 is 2.00 bits per heavy atom. The van der Waals surface area contributed by atoms with Crippen LogP contribution in [0.4, 0.5) is 0 Å². The van der Waals surface area contributed by atoms with E-state index in [0.29, 0.717) is 12.5 Å². The summed E-state index contributed by atoms with van der Waals surface area (Å²) in [6.07, 6.45) is 6.02. The highest BCUT2D eigenvalue weighted by Crippen LogP contribution is 2.43. The van der Waals surface area contributed by atoms with Crippen LogP contribution in [0.25, 0.3) is 0 Å². The number of ether oxygens (including phenoxy) is 1. The van der Waals surface area contributed by atoms with Crippen molar-refractivity contribution in [3.05, 3.63) is 15.6 Å². The quantitative estimate of drug-likeness (QED) is 0.890. The van der Waals surface area contributed by atoms with Crippen molar-refractivity contribution in [1.29, 1.82) is 0 Å². The number of nitrogens with zero attached hydrogens (tertiary/aromatic N) is 1. The minimum atomic E-state index is -0.130. The first-order valence-corrected chi connectivity index (χ1v) is 8.28. The van der Waals surface area contributed by atoms with Gasteiger partial charge in [0.05, 0.1) is 5.69 Å². The molecule has 0 radical (unpaired) electrons. The Balaban J connectivity index is 2.36. The molecule has 1 aromatic rings. The van der Waals surface area contributed by atoms with Gasteiger partial charge in [0.2, 0.25) is 0 Å². The van der Waals surface area contributed by atoms with Gasteiger partial charge >= 0.3 is 0 Å². The fourth-order valence-electron chi connectivity index (χ4n) is 2.97. The van der Waals surface area contributed by atoms with Gasteiger partial charge in [0.25, 0.3) is 0 Å². The number of hydrogen-bond donors (Lipinski definition) is 1. The molecule has 0 atom stereocenters. The second-order valence-electron chi connectivity index (χ2n) is 5.67. The fourth-order valence-corrected chi connectivity index (χ4v) is 4.27. The summed E-state index contributed by atoms with van der Waals surface area (Å²) < 4.78 is 6.16. The summed E-state index contributed by atoms with van der Waals surface area (Å²) in [5.41, 5.74) is 6.92. The maximum atomic E-state index is 6.16. The van der Waals surface area contributed by atoms with Crippen LogP contribution >= 0.6 is 11.3 Å². The second kappa shape index (κ2) is 6.33. The molecule has 0 amide bonds. The highest BCUT2D eigenvalue weighted by molar-refractivity contribution is 7.11. The van der Waals surface area contributed by atoms with Crippen LogP contribution in [0.1, 0.15) is 74.4 Å². The van der Waals surface area contributed by atoms with E-state index in [9.17, 15) is 0 Å². The zero-order valence-electron chi connectivity index (χ0n) is 12.4. The van der Waals surface area contributed by atoms with Crippen LogP contribution in [0.3, 0.4) is 0 Å². The number of thiazole rings is 1. The van der Waals surface area contributed by atoms with Crippen LogP contribution in [0, 0.1) is 0 Å². The smallest absolute Gasteiger partial charge is 0.125 e. The average molecular weight is 282 g/mol. The molecule has 1 saturated carbocycles. The van der Waals surface area contributed by atoms with Gasteiger partial charge in [0.15, 0.2) is 0 Å². The van der Waals surface area contributed by atoms with E-state index in [1.807, 2.05) is 0 Å². The van der Waals surface area contributed by atoms with Crippen molar-refractivity contribution in [3.8, 4) is 0 Å². The largest absolute Gasteiger partial charge is 0.368 e. The van der Waals surface area contributed by atoms with E-state index in [1.165, 1.54) is 34.8 Å². The molecule has 3 nitrogen and oxygen atoms in total. The van der Waals surface area contributed by atoms with Crippen molar-refractivity contribution >= 4 is 11.3 Å². The predicted molar refractivity (Wildman–Crippen MR) is 80.5 cm³/mol. The highest BCUT2D eigenvalue weighted by atomic mass is 32.1. The summed E-state index contributed by atoms with van der Waals surface area (Å²) in [6.45, 7) is 7.80. The number of rotatable bonds is 5. The highest BCUT2D eigenvalue weighted by Gasteiger charge is 2.38. The SMILES string of the molecule is CCOC1(c2nc(C(C)C)c(CN)s2)CCCCC1. The molecule has 1 heterocycles. The molecule has 1 fully saturated rings. The lowest BCUT2D eigenvalue weighted by atomic mass is 9.85. The van der Waals surface area contributed by atoms with Gasteiger partial charge in [0, 0.05) is 18.0 Å². The van der Waals surface area contributed by atoms with Crippen LogP contribution in [-0.4, -0.2) is 11.6 Å². The number of aromatic nitrogens is 1. The Hall–Kier alpha value is -0.450. The molecule has 1 aromatic heterocycles. The van der Waals surface area contributed by atoms with Crippen LogP contribution in [0.2, 0.25) is 0 Å². The van der Waals surface area contributed by atoms with E-state index in [4.69, 9.17) is 15.5 Å². The zero-order chi connectivity index (χ0) is 13.9. The molecule has 2 N–H and O–H groups in total. The van der Waals surface area contributed by atoms with Crippen LogP contribution < -0.4 is 5.73 Å². The lowest BCUT2D eigenvalue weighted by molar-refractivity contribution is -0.0705. The maximum Gasteiger partial charge on any atom is 0.125 e. The maximum absolute atomic E-state index is 6.16. The van der Waals surface area contributed by atoms with Crippen molar-refractivity contribution in [1.82, 2.24) is 4.98 Å². The van der Waals surface area contributed by atoms with Crippen molar-refractivity contribution in [2.45, 2.75) is 70.9 Å². The molecule has 0 unspecified atom stereocenters. The molecule has 0 spiro atoms. The summed E-state index contributed by atoms with van der Waals surface area (Å²) in [5, 5.41) is 1.16. The first kappa shape index (κ1) is 14.9. The minimum absolute atomic E-state index is 0.130. The minimum Gasteiger partial charge on any atom is -0.368 e. The Morgan fingerprint density at radius 1 is 1.32 bits per heavy atom. The van der Waals surface area contributed by atoms with E-state index in [0.717, 1.165) is 19.4 Å². The normalized spacial score (nSPS) is 19.0. The van der Waals surface area contributed by atoms with E-state index in [2.05, 4.69) is 20.8 Å². The van der Waals surface area contributed by atoms with E-state index in [-0.39, 0.29) is 5.60 Å². The number of hydrogen-bond acceptors (Lipinski definition) is 4. The number of nitrogens with two attached hydrogens (primary N) is 1. The van der Waals surface area contributed by atoms with Gasteiger partial charge in [-0.25, -0.2) is 4.98 Å². The summed E-state index contributed by atoms with van der Waals surface area (Å²) >= 11 is 1.77. The van der Waals surface area contributed by atoms with Gasteiger partial charge in [-0.05, 0) is 25.7 Å². The summed E-state index contributed by atoms with van der Waals surface area (Å²) in [7, 11) is 0. The standard InChI is InChI=1S/C15H26N2OS/c1-4-18-15(8-6-5-7-9-15)14-17-13(11(2)3)12(10-16)19-14/h11H,4-10,16H2,1-3H3. The lowest BCUT2D eigenvalue weighted by Crippen LogP contribution is -2.32. The summed E-state index contributed by atoms with van der Waals surface area (Å²) in [4.78, 5) is 6.14. The van der Waals surface area contributed by atoms with Crippen LogP contribution in [-0.2, 0) is 16.9 Å². The Labute approximate surface area is 120 Å². The molecule has 0 aromatic carbocycles. The zero-order valence-corrected chi connectivity index (χ0v) is 13.2. The first-order valence-electron chi connectivity index (χ1n) is 7.47. The second-order valence-corrected chi connectivity index (χ2v) is 6.76. The topological polar surface area (TPSA) is 48.1 Å². The van der Waals surface area contributed by atoms with Gasteiger partial charge in [0.1, 0.15) is 10.6 Å². The van der Waals surface area contributed by atoms with E-state index < -0.39 is 0 Å². The molecule has 0 saturated heterocycles. The van der Waals surface area contributed by atoms with E-state index >= 15 is 0 Å². The Morgan fingerprint density at radius 3 is 2.47 bits per heavy atom. The molecular weight excluding hydrogens is 256 g/mol. The third-order valence-corrected chi connectivity index (χ3v) is 5.21. The van der Waals surface area contributed by atoms with E-state index in [1.54, 1.807) is 11.3 Å². The van der Waals surface area contributed by atoms with Gasteiger partial charge < -0.3 is 10.5 Å². The molecule has 19 heavy (non-hydrogen) atoms. The molecule has 4 heteroatoms.